The molecular formula is C16H30N2O. The van der Waals surface area contributed by atoms with Gasteiger partial charge in [0, 0.05) is 12.1 Å². The largest absolute Gasteiger partial charge is 0.352 e. The smallest absolute Gasteiger partial charge is 0.237 e. The van der Waals surface area contributed by atoms with Crippen LogP contribution in [0.25, 0.3) is 0 Å². The van der Waals surface area contributed by atoms with Crippen molar-refractivity contribution in [2.45, 2.75) is 83.8 Å². The van der Waals surface area contributed by atoms with Gasteiger partial charge in [0.15, 0.2) is 0 Å². The molecule has 0 aliphatic heterocycles. The third-order valence-electron chi connectivity index (χ3n) is 5.27. The number of carbonyl (C=O) groups excluding carboxylic acids is 1. The number of hydrogen-bond donors (Lipinski definition) is 2. The molecule has 2 rings (SSSR count). The summed E-state index contributed by atoms with van der Waals surface area (Å²) >= 11 is 0. The fourth-order valence-electron chi connectivity index (χ4n) is 3.57. The lowest BCUT2D eigenvalue weighted by atomic mass is 9.95. The Hall–Kier alpha value is -0.570. The summed E-state index contributed by atoms with van der Waals surface area (Å²) in [5, 5.41) is 6.75. The molecule has 2 aliphatic rings. The van der Waals surface area contributed by atoms with Crippen molar-refractivity contribution in [1.82, 2.24) is 10.6 Å². The Balaban J connectivity index is 1.75. The summed E-state index contributed by atoms with van der Waals surface area (Å²) in [5.74, 6) is 1.66. The van der Waals surface area contributed by atoms with Crippen LogP contribution < -0.4 is 10.6 Å². The van der Waals surface area contributed by atoms with Crippen LogP contribution in [0.2, 0.25) is 0 Å². The highest BCUT2D eigenvalue weighted by atomic mass is 16.2. The van der Waals surface area contributed by atoms with Crippen molar-refractivity contribution in [2.24, 2.45) is 11.8 Å². The van der Waals surface area contributed by atoms with Gasteiger partial charge in [-0.05, 0) is 44.4 Å². The first-order valence-electron chi connectivity index (χ1n) is 8.14. The highest BCUT2D eigenvalue weighted by Crippen LogP contribution is 2.31. The molecule has 4 unspecified atom stereocenters. The molecular weight excluding hydrogens is 236 g/mol. The van der Waals surface area contributed by atoms with Crippen LogP contribution in [0, 0.1) is 11.8 Å². The van der Waals surface area contributed by atoms with E-state index in [2.05, 4.69) is 24.5 Å². The average molecular weight is 266 g/mol. The summed E-state index contributed by atoms with van der Waals surface area (Å²) in [6, 6.07) is 0.882. The molecule has 0 aromatic rings. The van der Waals surface area contributed by atoms with Crippen LogP contribution in [-0.4, -0.2) is 24.0 Å². The summed E-state index contributed by atoms with van der Waals surface area (Å²) < 4.78 is 0. The van der Waals surface area contributed by atoms with Gasteiger partial charge in [-0.2, -0.15) is 0 Å². The molecule has 110 valence electrons. The highest BCUT2D eigenvalue weighted by Gasteiger charge is 2.31. The van der Waals surface area contributed by atoms with Crippen LogP contribution >= 0.6 is 0 Å². The van der Waals surface area contributed by atoms with Gasteiger partial charge in [-0.3, -0.25) is 4.79 Å². The van der Waals surface area contributed by atoms with Crippen molar-refractivity contribution < 1.29 is 4.79 Å². The number of nitrogens with one attached hydrogen (secondary N) is 2. The van der Waals surface area contributed by atoms with Gasteiger partial charge in [-0.15, -0.1) is 0 Å². The van der Waals surface area contributed by atoms with E-state index in [1.165, 1.54) is 32.1 Å². The Labute approximate surface area is 117 Å². The van der Waals surface area contributed by atoms with Crippen LogP contribution in [-0.2, 0) is 4.79 Å². The molecule has 4 atom stereocenters. The SMILES string of the molecule is CC(NC1CCC(C)C1C)C(=O)NC1CCCCC1. The van der Waals surface area contributed by atoms with Gasteiger partial charge >= 0.3 is 0 Å². The maximum Gasteiger partial charge on any atom is 0.237 e. The van der Waals surface area contributed by atoms with E-state index in [0.717, 1.165) is 18.8 Å². The predicted molar refractivity (Wildman–Crippen MR) is 79.0 cm³/mol. The molecule has 1 amide bonds. The predicted octanol–water partition coefficient (Wildman–Crippen LogP) is 2.85. The zero-order valence-electron chi connectivity index (χ0n) is 12.7. The van der Waals surface area contributed by atoms with Crippen LogP contribution in [0.15, 0.2) is 0 Å². The van der Waals surface area contributed by atoms with Crippen LogP contribution in [0.5, 0.6) is 0 Å². The number of carbonyl (C=O) groups is 1. The lowest BCUT2D eigenvalue weighted by Crippen LogP contribution is -2.50. The van der Waals surface area contributed by atoms with Gasteiger partial charge in [0.05, 0.1) is 6.04 Å². The van der Waals surface area contributed by atoms with E-state index in [-0.39, 0.29) is 11.9 Å². The second-order valence-corrected chi connectivity index (χ2v) is 6.75. The average Bonchev–Trinajstić information content (AvgIpc) is 2.72. The molecule has 0 radical (unpaired) electrons. The van der Waals surface area contributed by atoms with Crippen molar-refractivity contribution >= 4 is 5.91 Å². The third kappa shape index (κ3) is 3.95. The first kappa shape index (κ1) is 14.8. The summed E-state index contributed by atoms with van der Waals surface area (Å²) in [6.07, 6.45) is 8.69. The van der Waals surface area contributed by atoms with E-state index in [1.54, 1.807) is 0 Å². The Morgan fingerprint density at radius 3 is 2.32 bits per heavy atom. The fraction of sp³-hybridized carbons (Fsp3) is 0.938. The molecule has 0 heterocycles. The minimum atomic E-state index is -0.0559. The van der Waals surface area contributed by atoms with Crippen LogP contribution in [0.3, 0.4) is 0 Å². The summed E-state index contributed by atoms with van der Waals surface area (Å²) in [7, 11) is 0. The van der Waals surface area contributed by atoms with Gasteiger partial charge < -0.3 is 10.6 Å². The molecule has 2 fully saturated rings. The normalized spacial score (nSPS) is 34.2. The summed E-state index contributed by atoms with van der Waals surface area (Å²) in [6.45, 7) is 6.63. The number of amides is 1. The highest BCUT2D eigenvalue weighted by molar-refractivity contribution is 5.81. The van der Waals surface area contributed by atoms with Gasteiger partial charge in [0.25, 0.3) is 0 Å². The maximum absolute atomic E-state index is 12.2. The first-order valence-corrected chi connectivity index (χ1v) is 8.14. The zero-order chi connectivity index (χ0) is 13.8. The van der Waals surface area contributed by atoms with Crippen molar-refractivity contribution in [1.29, 1.82) is 0 Å². The minimum Gasteiger partial charge on any atom is -0.352 e. The zero-order valence-corrected chi connectivity index (χ0v) is 12.7. The molecule has 2 aliphatic carbocycles. The minimum absolute atomic E-state index is 0.0559. The van der Waals surface area contributed by atoms with Crippen LogP contribution in [0.1, 0.15) is 65.7 Å². The van der Waals surface area contributed by atoms with E-state index in [4.69, 9.17) is 0 Å². The topological polar surface area (TPSA) is 41.1 Å². The molecule has 0 spiro atoms. The molecule has 2 N–H and O–H groups in total. The molecule has 3 nitrogen and oxygen atoms in total. The Morgan fingerprint density at radius 1 is 1.05 bits per heavy atom. The summed E-state index contributed by atoms with van der Waals surface area (Å²) in [4.78, 5) is 12.2. The fourth-order valence-corrected chi connectivity index (χ4v) is 3.57. The first-order chi connectivity index (χ1) is 9.08. The van der Waals surface area contributed by atoms with E-state index in [1.807, 2.05) is 6.92 Å². The van der Waals surface area contributed by atoms with Gasteiger partial charge in [-0.25, -0.2) is 0 Å². The van der Waals surface area contributed by atoms with E-state index in [9.17, 15) is 4.79 Å². The van der Waals surface area contributed by atoms with E-state index in [0.29, 0.717) is 18.0 Å². The molecule has 19 heavy (non-hydrogen) atoms. The second-order valence-electron chi connectivity index (χ2n) is 6.75. The van der Waals surface area contributed by atoms with Gasteiger partial charge in [0.1, 0.15) is 0 Å². The molecule has 0 bridgehead atoms. The van der Waals surface area contributed by atoms with Crippen molar-refractivity contribution in [2.75, 3.05) is 0 Å². The maximum atomic E-state index is 12.2. The summed E-state index contributed by atoms with van der Waals surface area (Å²) in [5.41, 5.74) is 0. The molecule has 2 saturated carbocycles. The molecule has 3 heteroatoms. The Bertz CT molecular complexity index is 299. The number of rotatable bonds is 4. The third-order valence-corrected chi connectivity index (χ3v) is 5.27. The molecule has 0 saturated heterocycles. The van der Waals surface area contributed by atoms with Crippen molar-refractivity contribution in [3.05, 3.63) is 0 Å². The van der Waals surface area contributed by atoms with Gasteiger partial charge in [-0.1, -0.05) is 33.1 Å². The second kappa shape index (κ2) is 6.74. The quantitative estimate of drug-likeness (QED) is 0.821. The van der Waals surface area contributed by atoms with Crippen molar-refractivity contribution in [3.8, 4) is 0 Å². The van der Waals surface area contributed by atoms with E-state index < -0.39 is 0 Å². The standard InChI is InChI=1S/C16H30N2O/c1-11-9-10-15(12(11)2)17-13(3)16(19)18-14-7-5-4-6-8-14/h11-15,17H,4-10H2,1-3H3,(H,18,19). The Kier molecular flexibility index (Phi) is 5.26. The van der Waals surface area contributed by atoms with Gasteiger partial charge in [0.2, 0.25) is 5.91 Å². The van der Waals surface area contributed by atoms with Crippen LogP contribution in [0.4, 0.5) is 0 Å². The molecule has 0 aromatic heterocycles. The monoisotopic (exact) mass is 266 g/mol. The molecule has 0 aromatic carbocycles. The lowest BCUT2D eigenvalue weighted by Gasteiger charge is -2.27. The van der Waals surface area contributed by atoms with E-state index >= 15 is 0 Å². The number of hydrogen-bond acceptors (Lipinski definition) is 2. The lowest BCUT2D eigenvalue weighted by molar-refractivity contribution is -0.123. The van der Waals surface area contributed by atoms with Crippen molar-refractivity contribution in [3.63, 3.8) is 0 Å². The Morgan fingerprint density at radius 2 is 1.74 bits per heavy atom.